The van der Waals surface area contributed by atoms with Gasteiger partial charge in [0.25, 0.3) is 5.91 Å². The van der Waals surface area contributed by atoms with E-state index in [1.165, 1.54) is 7.05 Å². The SMILES string of the molecule is CNC(=O)C(O)c1ccc(Cl)cc1COc1cc(C)ccc1C. The fraction of sp³-hybridized carbons (Fsp3) is 0.278. The molecule has 0 aliphatic rings. The van der Waals surface area contributed by atoms with E-state index in [0.717, 1.165) is 16.9 Å². The molecule has 0 aliphatic carbocycles. The van der Waals surface area contributed by atoms with Crippen molar-refractivity contribution in [3.05, 3.63) is 63.7 Å². The molecule has 1 unspecified atom stereocenters. The molecule has 2 N–H and O–H groups in total. The Labute approximate surface area is 141 Å². The van der Waals surface area contributed by atoms with E-state index < -0.39 is 12.0 Å². The summed E-state index contributed by atoms with van der Waals surface area (Å²) in [6.45, 7) is 4.17. The van der Waals surface area contributed by atoms with Gasteiger partial charge in [-0.05, 0) is 54.3 Å². The maximum atomic E-state index is 11.7. The first-order chi connectivity index (χ1) is 10.9. The van der Waals surface area contributed by atoms with Crippen LogP contribution >= 0.6 is 11.6 Å². The largest absolute Gasteiger partial charge is 0.489 e. The van der Waals surface area contributed by atoms with E-state index in [4.69, 9.17) is 16.3 Å². The van der Waals surface area contributed by atoms with Crippen LogP contribution in [0.25, 0.3) is 0 Å². The number of aliphatic hydroxyl groups is 1. The standard InChI is InChI=1S/C18H20ClNO3/c1-11-4-5-12(2)16(8-11)23-10-13-9-14(19)6-7-15(13)17(21)18(22)20-3/h4-9,17,21H,10H2,1-3H3,(H,20,22). The summed E-state index contributed by atoms with van der Waals surface area (Å²) in [6.07, 6.45) is -1.26. The Kier molecular flexibility index (Phi) is 5.64. The Morgan fingerprint density at radius 2 is 2.00 bits per heavy atom. The number of halogens is 1. The Bertz CT molecular complexity index is 715. The first-order valence-corrected chi connectivity index (χ1v) is 7.68. The molecule has 0 aromatic heterocycles. The van der Waals surface area contributed by atoms with Gasteiger partial charge in [0.15, 0.2) is 6.10 Å². The molecule has 0 fully saturated rings. The van der Waals surface area contributed by atoms with Crippen molar-refractivity contribution in [3.8, 4) is 5.75 Å². The smallest absolute Gasteiger partial charge is 0.253 e. The first kappa shape index (κ1) is 17.3. The minimum atomic E-state index is -1.26. The van der Waals surface area contributed by atoms with Crippen molar-refractivity contribution >= 4 is 17.5 Å². The Balaban J connectivity index is 2.26. The van der Waals surface area contributed by atoms with Crippen LogP contribution in [-0.4, -0.2) is 18.1 Å². The Morgan fingerprint density at radius 1 is 1.26 bits per heavy atom. The van der Waals surface area contributed by atoms with Crippen molar-refractivity contribution in [1.29, 1.82) is 0 Å². The molecule has 2 aromatic rings. The van der Waals surface area contributed by atoms with Crippen LogP contribution in [0.5, 0.6) is 5.75 Å². The van der Waals surface area contributed by atoms with E-state index >= 15 is 0 Å². The minimum absolute atomic E-state index is 0.217. The van der Waals surface area contributed by atoms with Crippen LogP contribution in [0.4, 0.5) is 0 Å². The van der Waals surface area contributed by atoms with Crippen LogP contribution in [0, 0.1) is 13.8 Å². The van der Waals surface area contributed by atoms with Crippen LogP contribution < -0.4 is 10.1 Å². The number of ether oxygens (including phenoxy) is 1. The van der Waals surface area contributed by atoms with Gasteiger partial charge in [0.2, 0.25) is 0 Å². The van der Waals surface area contributed by atoms with E-state index in [0.29, 0.717) is 16.1 Å². The molecule has 2 aromatic carbocycles. The molecular weight excluding hydrogens is 314 g/mol. The second kappa shape index (κ2) is 7.49. The van der Waals surface area contributed by atoms with Crippen molar-refractivity contribution in [3.63, 3.8) is 0 Å². The third-order valence-electron chi connectivity index (χ3n) is 3.62. The lowest BCUT2D eigenvalue weighted by Crippen LogP contribution is -2.26. The lowest BCUT2D eigenvalue weighted by Gasteiger charge is -2.16. The van der Waals surface area contributed by atoms with Crippen molar-refractivity contribution in [2.75, 3.05) is 7.05 Å². The lowest BCUT2D eigenvalue weighted by atomic mass is 10.0. The van der Waals surface area contributed by atoms with Gasteiger partial charge in [-0.15, -0.1) is 0 Å². The van der Waals surface area contributed by atoms with Gasteiger partial charge in [-0.1, -0.05) is 29.8 Å². The van der Waals surface area contributed by atoms with Crippen LogP contribution in [0.2, 0.25) is 5.02 Å². The number of nitrogens with one attached hydrogen (secondary N) is 1. The third kappa shape index (κ3) is 4.24. The highest BCUT2D eigenvalue weighted by molar-refractivity contribution is 6.30. The van der Waals surface area contributed by atoms with Crippen molar-refractivity contribution in [2.24, 2.45) is 0 Å². The van der Waals surface area contributed by atoms with Crippen LogP contribution in [-0.2, 0) is 11.4 Å². The summed E-state index contributed by atoms with van der Waals surface area (Å²) in [5, 5.41) is 13.1. The quantitative estimate of drug-likeness (QED) is 0.882. The summed E-state index contributed by atoms with van der Waals surface area (Å²) in [7, 11) is 1.48. The monoisotopic (exact) mass is 333 g/mol. The molecule has 0 bridgehead atoms. The predicted octanol–water partition coefficient (Wildman–Crippen LogP) is 3.32. The molecule has 1 amide bonds. The maximum Gasteiger partial charge on any atom is 0.253 e. The number of carbonyl (C=O) groups is 1. The molecule has 4 nitrogen and oxygen atoms in total. The van der Waals surface area contributed by atoms with Crippen molar-refractivity contribution in [1.82, 2.24) is 5.32 Å². The van der Waals surface area contributed by atoms with Crippen molar-refractivity contribution < 1.29 is 14.6 Å². The van der Waals surface area contributed by atoms with Gasteiger partial charge >= 0.3 is 0 Å². The number of hydrogen-bond donors (Lipinski definition) is 2. The van der Waals surface area contributed by atoms with E-state index in [9.17, 15) is 9.90 Å². The van der Waals surface area contributed by atoms with E-state index in [1.807, 2.05) is 32.0 Å². The molecular formula is C18H20ClNO3. The lowest BCUT2D eigenvalue weighted by molar-refractivity contribution is -0.129. The summed E-state index contributed by atoms with van der Waals surface area (Å²) in [6, 6.07) is 10.9. The first-order valence-electron chi connectivity index (χ1n) is 7.30. The number of benzene rings is 2. The summed E-state index contributed by atoms with van der Waals surface area (Å²) < 4.78 is 5.86. The molecule has 0 radical (unpaired) electrons. The van der Waals surface area contributed by atoms with Gasteiger partial charge < -0.3 is 15.2 Å². The van der Waals surface area contributed by atoms with Crippen LogP contribution in [0.15, 0.2) is 36.4 Å². The number of likely N-dealkylation sites (N-methyl/N-ethyl adjacent to an activating group) is 1. The number of aliphatic hydroxyl groups excluding tert-OH is 1. The number of amides is 1. The average molecular weight is 334 g/mol. The molecule has 23 heavy (non-hydrogen) atoms. The Hall–Kier alpha value is -2.04. The predicted molar refractivity (Wildman–Crippen MR) is 90.7 cm³/mol. The number of carbonyl (C=O) groups excluding carboxylic acids is 1. The van der Waals surface area contributed by atoms with Gasteiger partial charge in [-0.3, -0.25) is 4.79 Å². The summed E-state index contributed by atoms with van der Waals surface area (Å²) in [4.78, 5) is 11.7. The highest BCUT2D eigenvalue weighted by Crippen LogP contribution is 2.25. The molecule has 0 saturated heterocycles. The molecule has 2 rings (SSSR count). The number of rotatable bonds is 5. The summed E-state index contributed by atoms with van der Waals surface area (Å²) in [5.74, 6) is 0.297. The van der Waals surface area contributed by atoms with Gasteiger partial charge in [0.05, 0.1) is 0 Å². The summed E-state index contributed by atoms with van der Waals surface area (Å²) in [5.41, 5.74) is 3.28. The molecule has 0 spiro atoms. The molecule has 0 heterocycles. The highest BCUT2D eigenvalue weighted by Gasteiger charge is 2.20. The molecule has 0 aliphatic heterocycles. The van der Waals surface area contributed by atoms with Gasteiger partial charge in [-0.25, -0.2) is 0 Å². The van der Waals surface area contributed by atoms with Crippen LogP contribution in [0.1, 0.15) is 28.4 Å². The molecule has 0 saturated carbocycles. The fourth-order valence-electron chi connectivity index (χ4n) is 2.26. The maximum absolute atomic E-state index is 11.7. The zero-order chi connectivity index (χ0) is 17.0. The number of aryl methyl sites for hydroxylation is 2. The normalized spacial score (nSPS) is 11.9. The fourth-order valence-corrected chi connectivity index (χ4v) is 2.46. The Morgan fingerprint density at radius 3 is 2.70 bits per heavy atom. The van der Waals surface area contributed by atoms with Gasteiger partial charge in [0.1, 0.15) is 12.4 Å². The second-order valence-electron chi connectivity index (χ2n) is 5.42. The number of hydrogen-bond acceptors (Lipinski definition) is 3. The summed E-state index contributed by atoms with van der Waals surface area (Å²) >= 11 is 6.04. The topological polar surface area (TPSA) is 58.6 Å². The second-order valence-corrected chi connectivity index (χ2v) is 5.85. The molecule has 1 atom stereocenters. The average Bonchev–Trinajstić information content (AvgIpc) is 2.54. The molecule has 122 valence electrons. The van der Waals surface area contributed by atoms with E-state index in [1.54, 1.807) is 18.2 Å². The molecule has 5 heteroatoms. The van der Waals surface area contributed by atoms with Gasteiger partial charge in [0, 0.05) is 12.1 Å². The van der Waals surface area contributed by atoms with Crippen molar-refractivity contribution in [2.45, 2.75) is 26.6 Å². The highest BCUT2D eigenvalue weighted by atomic mass is 35.5. The zero-order valence-electron chi connectivity index (χ0n) is 13.4. The van der Waals surface area contributed by atoms with Crippen LogP contribution in [0.3, 0.4) is 0 Å². The van der Waals surface area contributed by atoms with E-state index in [-0.39, 0.29) is 6.61 Å². The minimum Gasteiger partial charge on any atom is -0.489 e. The van der Waals surface area contributed by atoms with E-state index in [2.05, 4.69) is 5.32 Å². The zero-order valence-corrected chi connectivity index (χ0v) is 14.1. The van der Waals surface area contributed by atoms with Gasteiger partial charge in [-0.2, -0.15) is 0 Å². The third-order valence-corrected chi connectivity index (χ3v) is 3.86.